The third-order valence-electron chi connectivity index (χ3n) is 4.57. The first kappa shape index (κ1) is 20.4. The number of aryl methyl sites for hydroxylation is 3. The predicted octanol–water partition coefficient (Wildman–Crippen LogP) is 4.86. The molecule has 1 heterocycles. The summed E-state index contributed by atoms with van der Waals surface area (Å²) in [5.41, 5.74) is 4.51. The van der Waals surface area contributed by atoms with Crippen LogP contribution < -0.4 is 5.32 Å². The van der Waals surface area contributed by atoms with Crippen molar-refractivity contribution in [3.63, 3.8) is 0 Å². The number of halogens is 1. The van der Waals surface area contributed by atoms with Gasteiger partial charge >= 0.3 is 0 Å². The number of rotatable bonds is 4. The van der Waals surface area contributed by atoms with Gasteiger partial charge in [-0.15, -0.1) is 0 Å². The molecular formula is C21H22ClN3O2S. The Morgan fingerprint density at radius 1 is 1.18 bits per heavy atom. The number of nitrogens with one attached hydrogen (secondary N) is 1. The number of amides is 2. The lowest BCUT2D eigenvalue weighted by atomic mass is 10.1. The van der Waals surface area contributed by atoms with Gasteiger partial charge in [0.15, 0.2) is 5.17 Å². The second kappa shape index (κ2) is 8.37. The number of thioether (sulfide) groups is 1. The summed E-state index contributed by atoms with van der Waals surface area (Å²) in [5, 5.41) is 3.58. The normalized spacial score (nSPS) is 18.0. The van der Waals surface area contributed by atoms with Crippen molar-refractivity contribution in [2.75, 3.05) is 12.4 Å². The van der Waals surface area contributed by atoms with Crippen molar-refractivity contribution < 1.29 is 9.59 Å². The Bertz CT molecular complexity index is 974. The van der Waals surface area contributed by atoms with Crippen molar-refractivity contribution in [2.24, 2.45) is 4.99 Å². The fourth-order valence-electron chi connectivity index (χ4n) is 2.84. The Kier molecular flexibility index (Phi) is 6.10. The van der Waals surface area contributed by atoms with Crippen LogP contribution in [0.1, 0.15) is 23.1 Å². The lowest BCUT2D eigenvalue weighted by Gasteiger charge is -2.11. The van der Waals surface area contributed by atoms with Crippen LogP contribution in [0.15, 0.2) is 41.4 Å². The van der Waals surface area contributed by atoms with E-state index in [4.69, 9.17) is 11.6 Å². The van der Waals surface area contributed by atoms with Crippen LogP contribution in [0.2, 0.25) is 5.02 Å². The molecule has 1 unspecified atom stereocenters. The van der Waals surface area contributed by atoms with E-state index in [0.29, 0.717) is 10.2 Å². The summed E-state index contributed by atoms with van der Waals surface area (Å²) >= 11 is 7.36. The second-order valence-electron chi connectivity index (χ2n) is 6.90. The number of aliphatic imine (C=N–C) groups is 1. The first-order valence-electron chi connectivity index (χ1n) is 8.91. The van der Waals surface area contributed by atoms with E-state index in [-0.39, 0.29) is 18.2 Å². The van der Waals surface area contributed by atoms with Crippen molar-refractivity contribution >= 4 is 51.7 Å². The van der Waals surface area contributed by atoms with Gasteiger partial charge in [-0.3, -0.25) is 14.5 Å². The molecule has 2 aromatic rings. The van der Waals surface area contributed by atoms with E-state index >= 15 is 0 Å². The zero-order chi connectivity index (χ0) is 20.4. The molecule has 0 radical (unpaired) electrons. The minimum atomic E-state index is -0.492. The fraction of sp³-hybridized carbons (Fsp3) is 0.286. The van der Waals surface area contributed by atoms with Crippen LogP contribution in [-0.4, -0.2) is 34.2 Å². The summed E-state index contributed by atoms with van der Waals surface area (Å²) in [6.07, 6.45) is 0.0920. The molecule has 28 heavy (non-hydrogen) atoms. The first-order chi connectivity index (χ1) is 13.2. The van der Waals surface area contributed by atoms with Crippen LogP contribution in [0.5, 0.6) is 0 Å². The lowest BCUT2D eigenvalue weighted by Crippen LogP contribution is -2.30. The van der Waals surface area contributed by atoms with E-state index in [0.717, 1.165) is 28.1 Å². The summed E-state index contributed by atoms with van der Waals surface area (Å²) < 4.78 is 0. The van der Waals surface area contributed by atoms with Crippen molar-refractivity contribution in [3.05, 3.63) is 58.1 Å². The molecule has 5 nitrogen and oxygen atoms in total. The van der Waals surface area contributed by atoms with Gasteiger partial charge in [-0.05, 0) is 55.7 Å². The number of amidine groups is 1. The Hall–Kier alpha value is -2.31. The van der Waals surface area contributed by atoms with Crippen molar-refractivity contribution in [1.82, 2.24) is 4.90 Å². The number of carbonyl (C=O) groups is 2. The van der Waals surface area contributed by atoms with E-state index in [1.807, 2.05) is 45.0 Å². The highest BCUT2D eigenvalue weighted by atomic mass is 35.5. The SMILES string of the molecule is Cc1ccc(C)c(NC(=O)CC2SC(=Nc3cc(Cl)ccc3C)N(C)C2=O)c1. The minimum Gasteiger partial charge on any atom is -0.326 e. The van der Waals surface area contributed by atoms with Gasteiger partial charge in [-0.2, -0.15) is 0 Å². The third kappa shape index (κ3) is 4.56. The molecule has 0 aromatic heterocycles. The number of benzene rings is 2. The summed E-state index contributed by atoms with van der Waals surface area (Å²) in [6.45, 7) is 5.85. The van der Waals surface area contributed by atoms with Crippen LogP contribution in [0.3, 0.4) is 0 Å². The predicted molar refractivity (Wildman–Crippen MR) is 117 cm³/mol. The van der Waals surface area contributed by atoms with Crippen molar-refractivity contribution in [2.45, 2.75) is 32.4 Å². The Labute approximate surface area is 174 Å². The highest BCUT2D eigenvalue weighted by molar-refractivity contribution is 8.15. The Balaban J connectivity index is 1.73. The summed E-state index contributed by atoms with van der Waals surface area (Å²) in [4.78, 5) is 31.2. The maximum Gasteiger partial charge on any atom is 0.242 e. The van der Waals surface area contributed by atoms with Crippen LogP contribution in [-0.2, 0) is 9.59 Å². The molecule has 3 rings (SSSR count). The van der Waals surface area contributed by atoms with Gasteiger partial charge in [0.2, 0.25) is 11.8 Å². The quantitative estimate of drug-likeness (QED) is 0.775. The topological polar surface area (TPSA) is 61.8 Å². The Morgan fingerprint density at radius 2 is 1.89 bits per heavy atom. The third-order valence-corrected chi connectivity index (χ3v) is 6.03. The standard InChI is InChI=1S/C21H22ClN3O2S/c1-12-5-6-13(2)16(9-12)23-19(26)11-18-20(27)25(4)21(28-18)24-17-10-15(22)8-7-14(17)3/h5-10,18H,11H2,1-4H3,(H,23,26). The molecule has 1 N–H and O–H groups in total. The molecule has 2 aromatic carbocycles. The number of hydrogen-bond donors (Lipinski definition) is 1. The average molecular weight is 416 g/mol. The lowest BCUT2D eigenvalue weighted by molar-refractivity contribution is -0.127. The van der Waals surface area contributed by atoms with Gasteiger partial charge in [0, 0.05) is 24.2 Å². The molecule has 1 atom stereocenters. The zero-order valence-corrected chi connectivity index (χ0v) is 17.8. The van der Waals surface area contributed by atoms with Gasteiger partial charge < -0.3 is 5.32 Å². The fourth-order valence-corrected chi connectivity index (χ4v) is 4.16. The van der Waals surface area contributed by atoms with E-state index in [2.05, 4.69) is 10.3 Å². The van der Waals surface area contributed by atoms with Gasteiger partial charge in [-0.1, -0.05) is 41.6 Å². The molecule has 1 fully saturated rings. The van der Waals surface area contributed by atoms with Crippen LogP contribution in [0.4, 0.5) is 11.4 Å². The summed E-state index contributed by atoms with van der Waals surface area (Å²) in [5.74, 6) is -0.312. The molecular weight excluding hydrogens is 394 g/mol. The summed E-state index contributed by atoms with van der Waals surface area (Å²) in [6, 6.07) is 11.3. The monoisotopic (exact) mass is 415 g/mol. The maximum atomic E-state index is 12.6. The van der Waals surface area contributed by atoms with Crippen LogP contribution in [0, 0.1) is 20.8 Å². The van der Waals surface area contributed by atoms with E-state index < -0.39 is 5.25 Å². The first-order valence-corrected chi connectivity index (χ1v) is 10.2. The molecule has 7 heteroatoms. The van der Waals surface area contributed by atoms with Gasteiger partial charge in [-0.25, -0.2) is 4.99 Å². The molecule has 1 aliphatic heterocycles. The molecule has 0 aliphatic carbocycles. The molecule has 2 amide bonds. The Morgan fingerprint density at radius 3 is 2.64 bits per heavy atom. The number of hydrogen-bond acceptors (Lipinski definition) is 4. The minimum absolute atomic E-state index is 0.0920. The number of nitrogens with zero attached hydrogens (tertiary/aromatic N) is 2. The molecule has 0 saturated carbocycles. The van der Waals surface area contributed by atoms with Crippen molar-refractivity contribution in [1.29, 1.82) is 0 Å². The number of carbonyl (C=O) groups excluding carboxylic acids is 2. The van der Waals surface area contributed by atoms with E-state index in [9.17, 15) is 9.59 Å². The second-order valence-corrected chi connectivity index (χ2v) is 8.51. The zero-order valence-electron chi connectivity index (χ0n) is 16.2. The molecule has 0 spiro atoms. The van der Waals surface area contributed by atoms with Gasteiger partial charge in [0.05, 0.1) is 5.69 Å². The maximum absolute atomic E-state index is 12.6. The average Bonchev–Trinajstić information content (AvgIpc) is 2.89. The van der Waals surface area contributed by atoms with Crippen LogP contribution in [0.25, 0.3) is 0 Å². The summed E-state index contributed by atoms with van der Waals surface area (Å²) in [7, 11) is 1.68. The number of anilines is 1. The van der Waals surface area contributed by atoms with E-state index in [1.165, 1.54) is 16.7 Å². The molecule has 0 bridgehead atoms. The smallest absolute Gasteiger partial charge is 0.242 e. The van der Waals surface area contributed by atoms with Crippen molar-refractivity contribution in [3.8, 4) is 0 Å². The highest BCUT2D eigenvalue weighted by Gasteiger charge is 2.37. The van der Waals surface area contributed by atoms with Crippen LogP contribution >= 0.6 is 23.4 Å². The molecule has 146 valence electrons. The molecule has 1 aliphatic rings. The largest absolute Gasteiger partial charge is 0.326 e. The highest BCUT2D eigenvalue weighted by Crippen LogP contribution is 2.32. The molecule has 1 saturated heterocycles. The van der Waals surface area contributed by atoms with Gasteiger partial charge in [0.25, 0.3) is 0 Å². The van der Waals surface area contributed by atoms with E-state index in [1.54, 1.807) is 19.2 Å². The van der Waals surface area contributed by atoms with Gasteiger partial charge in [0.1, 0.15) is 5.25 Å².